The Labute approximate surface area is 188 Å². The first-order chi connectivity index (χ1) is 14.9. The van der Waals surface area contributed by atoms with Gasteiger partial charge in [0.25, 0.3) is 10.0 Å². The zero-order chi connectivity index (χ0) is 22.3. The smallest absolute Gasteiger partial charge is 0.264 e. The Morgan fingerprint density at radius 3 is 2.26 bits per heavy atom. The molecule has 7 heteroatoms. The number of carbonyl (C=O) groups is 1. The molecule has 1 N–H and O–H groups in total. The van der Waals surface area contributed by atoms with Crippen LogP contribution in [0.2, 0.25) is 5.02 Å². The number of nitrogens with one attached hydrogen (secondary N) is 1. The lowest BCUT2D eigenvalue weighted by Crippen LogP contribution is -2.41. The van der Waals surface area contributed by atoms with Crippen LogP contribution >= 0.6 is 11.6 Å². The van der Waals surface area contributed by atoms with Gasteiger partial charge in [-0.05, 0) is 61.2 Å². The number of carbonyl (C=O) groups excluding carboxylic acids is 1. The third-order valence-corrected chi connectivity index (χ3v) is 6.91. The topological polar surface area (TPSA) is 66.5 Å². The van der Waals surface area contributed by atoms with Crippen LogP contribution < -0.4 is 9.62 Å². The molecule has 162 valence electrons. The molecule has 0 radical (unpaired) electrons. The minimum Gasteiger partial charge on any atom is -0.355 e. The van der Waals surface area contributed by atoms with E-state index in [1.54, 1.807) is 30.3 Å². The van der Waals surface area contributed by atoms with Crippen molar-refractivity contribution in [3.05, 3.63) is 95.0 Å². The van der Waals surface area contributed by atoms with Gasteiger partial charge < -0.3 is 5.32 Å². The van der Waals surface area contributed by atoms with Crippen molar-refractivity contribution < 1.29 is 13.2 Å². The van der Waals surface area contributed by atoms with Gasteiger partial charge in [-0.15, -0.1) is 0 Å². The monoisotopic (exact) mass is 456 g/mol. The van der Waals surface area contributed by atoms with E-state index in [9.17, 15) is 13.2 Å². The fourth-order valence-electron chi connectivity index (χ4n) is 3.22. The lowest BCUT2D eigenvalue weighted by Gasteiger charge is -2.25. The van der Waals surface area contributed by atoms with E-state index in [1.165, 1.54) is 16.4 Å². The van der Waals surface area contributed by atoms with Crippen molar-refractivity contribution in [2.24, 2.45) is 0 Å². The van der Waals surface area contributed by atoms with Crippen LogP contribution in [0.3, 0.4) is 0 Å². The number of benzene rings is 3. The van der Waals surface area contributed by atoms with Crippen molar-refractivity contribution in [3.8, 4) is 0 Å². The van der Waals surface area contributed by atoms with Gasteiger partial charge in [0.1, 0.15) is 6.54 Å². The largest absolute Gasteiger partial charge is 0.355 e. The summed E-state index contributed by atoms with van der Waals surface area (Å²) in [6, 6.07) is 22.9. The van der Waals surface area contributed by atoms with Crippen LogP contribution in [0.25, 0.3) is 0 Å². The molecule has 5 nitrogen and oxygen atoms in total. The Balaban J connectivity index is 1.69. The Morgan fingerprint density at radius 1 is 0.935 bits per heavy atom. The molecule has 31 heavy (non-hydrogen) atoms. The Morgan fingerprint density at radius 2 is 1.58 bits per heavy atom. The maximum absolute atomic E-state index is 13.3. The van der Waals surface area contributed by atoms with Gasteiger partial charge in [-0.3, -0.25) is 9.10 Å². The SMILES string of the molecule is Cc1ccccc1N(CC(=O)NCCCc1ccc(Cl)cc1)S(=O)(=O)c1ccccc1. The van der Waals surface area contributed by atoms with E-state index < -0.39 is 10.0 Å². The zero-order valence-corrected chi connectivity index (χ0v) is 18.9. The van der Waals surface area contributed by atoms with E-state index in [2.05, 4.69) is 5.32 Å². The van der Waals surface area contributed by atoms with Gasteiger partial charge in [0.15, 0.2) is 0 Å². The molecule has 1 amide bonds. The Bertz CT molecular complexity index is 1120. The van der Waals surface area contributed by atoms with Crippen molar-refractivity contribution in [3.63, 3.8) is 0 Å². The van der Waals surface area contributed by atoms with E-state index in [-0.39, 0.29) is 17.3 Å². The molecule has 0 aromatic heterocycles. The van der Waals surface area contributed by atoms with E-state index in [0.717, 1.165) is 24.0 Å². The molecule has 0 fully saturated rings. The number of hydrogen-bond donors (Lipinski definition) is 1. The third-order valence-electron chi connectivity index (χ3n) is 4.88. The first-order valence-electron chi connectivity index (χ1n) is 10.0. The van der Waals surface area contributed by atoms with E-state index in [1.807, 2.05) is 43.3 Å². The van der Waals surface area contributed by atoms with Crippen LogP contribution in [0.4, 0.5) is 5.69 Å². The summed E-state index contributed by atoms with van der Waals surface area (Å²) in [4.78, 5) is 12.8. The molecule has 0 spiro atoms. The Hall–Kier alpha value is -2.83. The minimum absolute atomic E-state index is 0.147. The van der Waals surface area contributed by atoms with Crippen LogP contribution in [-0.4, -0.2) is 27.4 Å². The highest BCUT2D eigenvalue weighted by atomic mass is 35.5. The summed E-state index contributed by atoms with van der Waals surface area (Å²) in [7, 11) is -3.89. The number of halogens is 1. The molecular formula is C24H25ClN2O3S. The number of para-hydroxylation sites is 1. The number of nitrogens with zero attached hydrogens (tertiary/aromatic N) is 1. The maximum atomic E-state index is 13.3. The molecule has 3 rings (SSSR count). The number of sulfonamides is 1. The zero-order valence-electron chi connectivity index (χ0n) is 17.3. The quantitative estimate of drug-likeness (QED) is 0.479. The van der Waals surface area contributed by atoms with Gasteiger partial charge >= 0.3 is 0 Å². The number of amides is 1. The standard InChI is InChI=1S/C24H25ClN2O3S/c1-19-8-5-6-12-23(19)27(31(29,30)22-10-3-2-4-11-22)18-24(28)26-17-7-9-20-13-15-21(25)16-14-20/h2-6,8,10-16H,7,9,17-18H2,1H3,(H,26,28). The molecule has 3 aromatic rings. The molecule has 0 atom stereocenters. The highest BCUT2D eigenvalue weighted by Gasteiger charge is 2.27. The molecular weight excluding hydrogens is 432 g/mol. The minimum atomic E-state index is -3.89. The number of hydrogen-bond acceptors (Lipinski definition) is 3. The molecule has 0 aliphatic carbocycles. The van der Waals surface area contributed by atoms with E-state index in [0.29, 0.717) is 17.3 Å². The average Bonchev–Trinajstić information content (AvgIpc) is 2.77. The van der Waals surface area contributed by atoms with Crippen LogP contribution in [0.5, 0.6) is 0 Å². The first kappa shape index (κ1) is 22.8. The Kier molecular flexibility index (Phi) is 7.71. The summed E-state index contributed by atoms with van der Waals surface area (Å²) in [5.74, 6) is -0.348. The van der Waals surface area contributed by atoms with Crippen molar-refractivity contribution in [2.45, 2.75) is 24.7 Å². The predicted molar refractivity (Wildman–Crippen MR) is 125 cm³/mol. The van der Waals surface area contributed by atoms with E-state index >= 15 is 0 Å². The number of aryl methyl sites for hydroxylation is 2. The van der Waals surface area contributed by atoms with Gasteiger partial charge in [-0.25, -0.2) is 8.42 Å². The molecule has 0 saturated heterocycles. The second kappa shape index (κ2) is 10.5. The van der Waals surface area contributed by atoms with E-state index in [4.69, 9.17) is 11.6 Å². The van der Waals surface area contributed by atoms with Crippen LogP contribution in [0.15, 0.2) is 83.8 Å². The van der Waals surface area contributed by atoms with Gasteiger partial charge in [-0.2, -0.15) is 0 Å². The number of rotatable bonds is 9. The van der Waals surface area contributed by atoms with Gasteiger partial charge in [0, 0.05) is 11.6 Å². The normalized spacial score (nSPS) is 11.2. The lowest BCUT2D eigenvalue weighted by atomic mass is 10.1. The van der Waals surface area contributed by atoms with Crippen molar-refractivity contribution in [1.82, 2.24) is 5.32 Å². The molecule has 0 heterocycles. The predicted octanol–water partition coefficient (Wildman–Crippen LogP) is 4.59. The summed E-state index contributed by atoms with van der Waals surface area (Å²) in [5.41, 5.74) is 2.40. The highest BCUT2D eigenvalue weighted by Crippen LogP contribution is 2.26. The summed E-state index contributed by atoms with van der Waals surface area (Å²) < 4.78 is 27.8. The maximum Gasteiger partial charge on any atom is 0.264 e. The van der Waals surface area contributed by atoms with Gasteiger partial charge in [-0.1, -0.05) is 60.1 Å². The molecule has 0 saturated carbocycles. The molecule has 0 unspecified atom stereocenters. The van der Waals surface area contributed by atoms with Gasteiger partial charge in [0.2, 0.25) is 5.91 Å². The highest BCUT2D eigenvalue weighted by molar-refractivity contribution is 7.92. The van der Waals surface area contributed by atoms with Crippen LogP contribution in [0.1, 0.15) is 17.5 Å². The van der Waals surface area contributed by atoms with Crippen molar-refractivity contribution >= 4 is 33.2 Å². The summed E-state index contributed by atoms with van der Waals surface area (Å²) in [6.45, 7) is 1.99. The average molecular weight is 457 g/mol. The van der Waals surface area contributed by atoms with Gasteiger partial charge in [0.05, 0.1) is 10.6 Å². The number of anilines is 1. The first-order valence-corrected chi connectivity index (χ1v) is 11.8. The van der Waals surface area contributed by atoms with Crippen molar-refractivity contribution in [2.75, 3.05) is 17.4 Å². The van der Waals surface area contributed by atoms with Crippen LogP contribution in [0, 0.1) is 6.92 Å². The second-order valence-electron chi connectivity index (χ2n) is 7.19. The molecule has 3 aromatic carbocycles. The fourth-order valence-corrected chi connectivity index (χ4v) is 4.85. The second-order valence-corrected chi connectivity index (χ2v) is 9.49. The fraction of sp³-hybridized carbons (Fsp3) is 0.208. The van der Waals surface area contributed by atoms with Crippen molar-refractivity contribution in [1.29, 1.82) is 0 Å². The van der Waals surface area contributed by atoms with Crippen LogP contribution in [-0.2, 0) is 21.2 Å². The lowest BCUT2D eigenvalue weighted by molar-refractivity contribution is -0.119. The third kappa shape index (κ3) is 6.09. The summed E-state index contributed by atoms with van der Waals surface area (Å²) >= 11 is 5.89. The summed E-state index contributed by atoms with van der Waals surface area (Å²) in [6.07, 6.45) is 1.53. The molecule has 0 bridgehead atoms. The molecule has 0 aliphatic heterocycles. The molecule has 0 aliphatic rings. The summed E-state index contributed by atoms with van der Waals surface area (Å²) in [5, 5.41) is 3.52.